The van der Waals surface area contributed by atoms with Gasteiger partial charge in [0.1, 0.15) is 23.3 Å². The van der Waals surface area contributed by atoms with Crippen LogP contribution in [0, 0.1) is 24.2 Å². The van der Waals surface area contributed by atoms with Crippen LogP contribution in [0.2, 0.25) is 0 Å². The maximum atomic E-state index is 12.6. The molecule has 0 aromatic carbocycles. The summed E-state index contributed by atoms with van der Waals surface area (Å²) >= 11 is 0. The zero-order chi connectivity index (χ0) is 13.3. The molecule has 0 aliphatic carbocycles. The Bertz CT molecular complexity index is 492. The van der Waals surface area contributed by atoms with Crippen molar-refractivity contribution in [3.05, 3.63) is 17.6 Å². The molecule has 0 saturated carbocycles. The van der Waals surface area contributed by atoms with Gasteiger partial charge in [0.15, 0.2) is 0 Å². The predicted octanol–water partition coefficient (Wildman–Crippen LogP) is 2.05. The highest BCUT2D eigenvalue weighted by Gasteiger charge is 2.44. The average Bonchev–Trinajstić information content (AvgIpc) is 2.77. The first kappa shape index (κ1) is 12.6. The molecule has 18 heavy (non-hydrogen) atoms. The molecule has 96 valence electrons. The molecule has 0 bridgehead atoms. The number of aryl methyl sites for hydroxylation is 1. The molecule has 2 heterocycles. The number of nitriles is 1. The third kappa shape index (κ3) is 2.37. The van der Waals surface area contributed by atoms with Crippen molar-refractivity contribution in [2.45, 2.75) is 19.5 Å². The van der Waals surface area contributed by atoms with Gasteiger partial charge in [-0.3, -0.25) is 0 Å². The molecule has 1 aliphatic rings. The molecule has 1 fully saturated rings. The van der Waals surface area contributed by atoms with E-state index in [4.69, 9.17) is 5.26 Å². The van der Waals surface area contributed by atoms with Crippen LogP contribution in [0.25, 0.3) is 0 Å². The van der Waals surface area contributed by atoms with Crippen molar-refractivity contribution in [3.63, 3.8) is 0 Å². The van der Waals surface area contributed by atoms with Gasteiger partial charge < -0.3 is 4.90 Å². The van der Waals surface area contributed by atoms with Crippen LogP contribution < -0.4 is 4.90 Å². The largest absolute Gasteiger partial charge is 0.393 e. The molecule has 0 radical (unpaired) electrons. The number of hydrogen-bond acceptors (Lipinski definition) is 4. The van der Waals surface area contributed by atoms with Crippen LogP contribution in [-0.4, -0.2) is 29.2 Å². The van der Waals surface area contributed by atoms with Gasteiger partial charge >= 0.3 is 6.18 Å². The molecule has 1 aromatic rings. The second-order valence-electron chi connectivity index (χ2n) is 4.24. The minimum Gasteiger partial charge on any atom is -0.355 e. The Morgan fingerprint density at radius 1 is 1.50 bits per heavy atom. The predicted molar refractivity (Wildman–Crippen MR) is 57.9 cm³/mol. The molecular formula is C11H11F3N4. The molecule has 0 amide bonds. The van der Waals surface area contributed by atoms with Crippen molar-refractivity contribution in [2.75, 3.05) is 18.0 Å². The average molecular weight is 256 g/mol. The van der Waals surface area contributed by atoms with Crippen LogP contribution in [0.15, 0.2) is 6.20 Å². The number of anilines is 1. The summed E-state index contributed by atoms with van der Waals surface area (Å²) in [6.07, 6.45) is -2.81. The highest BCUT2D eigenvalue weighted by Crippen LogP contribution is 2.35. The molecule has 0 spiro atoms. The summed E-state index contributed by atoms with van der Waals surface area (Å²) in [4.78, 5) is 9.44. The van der Waals surface area contributed by atoms with E-state index >= 15 is 0 Å². The van der Waals surface area contributed by atoms with Gasteiger partial charge in [0.25, 0.3) is 0 Å². The molecule has 0 N–H and O–H groups in total. The summed E-state index contributed by atoms with van der Waals surface area (Å²) in [5.74, 6) is -0.601. The quantitative estimate of drug-likeness (QED) is 0.771. The van der Waals surface area contributed by atoms with E-state index in [1.807, 2.05) is 6.07 Å². The lowest BCUT2D eigenvalue weighted by Crippen LogP contribution is -2.28. The van der Waals surface area contributed by atoms with Crippen molar-refractivity contribution in [2.24, 2.45) is 5.92 Å². The number of rotatable bonds is 1. The smallest absolute Gasteiger partial charge is 0.355 e. The molecule has 7 heteroatoms. The van der Waals surface area contributed by atoms with Gasteiger partial charge in [-0.2, -0.15) is 18.4 Å². The topological polar surface area (TPSA) is 52.8 Å². The summed E-state index contributed by atoms with van der Waals surface area (Å²) in [7, 11) is 0. The minimum absolute atomic E-state index is 0.0391. The summed E-state index contributed by atoms with van der Waals surface area (Å²) in [5, 5.41) is 8.92. The maximum absolute atomic E-state index is 12.6. The van der Waals surface area contributed by atoms with Crippen molar-refractivity contribution in [1.82, 2.24) is 9.97 Å². The molecular weight excluding hydrogens is 245 g/mol. The first-order chi connectivity index (χ1) is 8.41. The second-order valence-corrected chi connectivity index (χ2v) is 4.24. The molecule has 1 atom stereocenters. The van der Waals surface area contributed by atoms with Gasteiger partial charge in [-0.15, -0.1) is 0 Å². The van der Waals surface area contributed by atoms with Crippen molar-refractivity contribution in [3.8, 4) is 6.07 Å². The van der Waals surface area contributed by atoms with Crippen LogP contribution in [0.3, 0.4) is 0 Å². The molecule has 4 nitrogen and oxygen atoms in total. The van der Waals surface area contributed by atoms with Gasteiger partial charge in [0.05, 0.1) is 12.1 Å². The van der Waals surface area contributed by atoms with Crippen molar-refractivity contribution >= 4 is 5.82 Å². The second kappa shape index (κ2) is 4.44. The maximum Gasteiger partial charge on any atom is 0.393 e. The highest BCUT2D eigenvalue weighted by molar-refractivity contribution is 5.53. The Morgan fingerprint density at radius 3 is 2.78 bits per heavy atom. The van der Waals surface area contributed by atoms with Gasteiger partial charge in [0.2, 0.25) is 0 Å². The first-order valence-electron chi connectivity index (χ1n) is 5.47. The molecule has 1 unspecified atom stereocenters. The van der Waals surface area contributed by atoms with Crippen LogP contribution in [0.5, 0.6) is 0 Å². The monoisotopic (exact) mass is 256 g/mol. The lowest BCUT2D eigenvalue weighted by molar-refractivity contribution is -0.168. The Labute approximate surface area is 102 Å². The highest BCUT2D eigenvalue weighted by atomic mass is 19.4. The number of hydrogen-bond donors (Lipinski definition) is 0. The van der Waals surface area contributed by atoms with Crippen molar-refractivity contribution in [1.29, 1.82) is 5.26 Å². The van der Waals surface area contributed by atoms with Crippen LogP contribution in [0.1, 0.15) is 17.8 Å². The standard InChI is InChI=1S/C11H11F3N4/c1-7-16-5-8(4-15)10(17-7)18-3-2-9(6-18)11(12,13)14/h5,9H,2-3,6H2,1H3. The molecule has 1 aliphatic heterocycles. The first-order valence-corrected chi connectivity index (χ1v) is 5.47. The molecule has 2 rings (SSSR count). The van der Waals surface area contributed by atoms with E-state index in [-0.39, 0.29) is 25.1 Å². The zero-order valence-electron chi connectivity index (χ0n) is 9.70. The summed E-state index contributed by atoms with van der Waals surface area (Å²) in [6.45, 7) is 1.76. The lowest BCUT2D eigenvalue weighted by atomic mass is 10.1. The number of nitrogens with zero attached hydrogens (tertiary/aromatic N) is 4. The molecule has 1 saturated heterocycles. The molecule has 1 aromatic heterocycles. The zero-order valence-corrected chi connectivity index (χ0v) is 9.70. The van der Waals surface area contributed by atoms with E-state index in [9.17, 15) is 13.2 Å². The Hall–Kier alpha value is -1.84. The Morgan fingerprint density at radius 2 is 2.22 bits per heavy atom. The summed E-state index contributed by atoms with van der Waals surface area (Å²) in [6, 6.07) is 1.91. The van der Waals surface area contributed by atoms with E-state index in [1.165, 1.54) is 11.1 Å². The van der Waals surface area contributed by atoms with Gasteiger partial charge in [-0.1, -0.05) is 0 Å². The number of alkyl halides is 3. The summed E-state index contributed by atoms with van der Waals surface area (Å²) < 4.78 is 37.8. The lowest BCUT2D eigenvalue weighted by Gasteiger charge is -2.19. The normalized spacial score (nSPS) is 19.9. The third-order valence-corrected chi connectivity index (χ3v) is 2.96. The van der Waals surface area contributed by atoms with E-state index < -0.39 is 12.1 Å². The van der Waals surface area contributed by atoms with E-state index in [2.05, 4.69) is 9.97 Å². The Balaban J connectivity index is 2.25. The van der Waals surface area contributed by atoms with Crippen LogP contribution >= 0.6 is 0 Å². The van der Waals surface area contributed by atoms with Gasteiger partial charge in [0, 0.05) is 13.1 Å². The van der Waals surface area contributed by atoms with Crippen molar-refractivity contribution < 1.29 is 13.2 Å². The van der Waals surface area contributed by atoms with E-state index in [0.29, 0.717) is 11.6 Å². The van der Waals surface area contributed by atoms with E-state index in [1.54, 1.807) is 6.92 Å². The van der Waals surface area contributed by atoms with Gasteiger partial charge in [-0.05, 0) is 13.3 Å². The number of halogens is 3. The minimum atomic E-state index is -4.19. The fraction of sp³-hybridized carbons (Fsp3) is 0.545. The SMILES string of the molecule is Cc1ncc(C#N)c(N2CCC(C(F)(F)F)C2)n1. The number of aromatic nitrogens is 2. The Kier molecular flexibility index (Phi) is 3.11. The van der Waals surface area contributed by atoms with Crippen LogP contribution in [-0.2, 0) is 0 Å². The summed E-state index contributed by atoms with van der Waals surface area (Å²) in [5.41, 5.74) is 0.212. The van der Waals surface area contributed by atoms with Gasteiger partial charge in [-0.25, -0.2) is 9.97 Å². The third-order valence-electron chi connectivity index (χ3n) is 2.96. The van der Waals surface area contributed by atoms with Crippen LogP contribution in [0.4, 0.5) is 19.0 Å². The fourth-order valence-electron chi connectivity index (χ4n) is 2.00. The fourth-order valence-corrected chi connectivity index (χ4v) is 2.00. The van der Waals surface area contributed by atoms with E-state index in [0.717, 1.165) is 0 Å².